The van der Waals surface area contributed by atoms with E-state index in [1.807, 2.05) is 6.92 Å². The fourth-order valence-electron chi connectivity index (χ4n) is 1.16. The Morgan fingerprint density at radius 3 is 2.88 bits per heavy atom. The standard InChI is InChI=1S/C13H15FO2/c1-2-7-16-13-9-11(5-3-4-6-15)8-12(14)10-13/h8-10,15H,2,4,6-7H2,1H3. The van der Waals surface area contributed by atoms with Gasteiger partial charge < -0.3 is 9.84 Å². The Hall–Kier alpha value is -1.53. The van der Waals surface area contributed by atoms with Crippen LogP contribution < -0.4 is 4.74 Å². The average Bonchev–Trinajstić information content (AvgIpc) is 2.26. The van der Waals surface area contributed by atoms with E-state index in [1.165, 1.54) is 12.1 Å². The van der Waals surface area contributed by atoms with Gasteiger partial charge in [-0.05, 0) is 18.6 Å². The predicted octanol–water partition coefficient (Wildman–Crippen LogP) is 2.35. The van der Waals surface area contributed by atoms with E-state index >= 15 is 0 Å². The Labute approximate surface area is 95.1 Å². The molecule has 0 saturated heterocycles. The van der Waals surface area contributed by atoms with E-state index in [0.717, 1.165) is 6.42 Å². The summed E-state index contributed by atoms with van der Waals surface area (Å²) in [6, 6.07) is 4.39. The van der Waals surface area contributed by atoms with E-state index in [2.05, 4.69) is 11.8 Å². The molecule has 0 aliphatic heterocycles. The number of halogens is 1. The van der Waals surface area contributed by atoms with Crippen molar-refractivity contribution in [2.75, 3.05) is 13.2 Å². The van der Waals surface area contributed by atoms with Gasteiger partial charge in [0.1, 0.15) is 11.6 Å². The molecule has 1 N–H and O–H groups in total. The summed E-state index contributed by atoms with van der Waals surface area (Å²) >= 11 is 0. The second kappa shape index (κ2) is 6.86. The monoisotopic (exact) mass is 222 g/mol. The summed E-state index contributed by atoms with van der Waals surface area (Å²) in [4.78, 5) is 0. The van der Waals surface area contributed by atoms with Crippen LogP contribution in [-0.4, -0.2) is 18.3 Å². The van der Waals surface area contributed by atoms with Crippen molar-refractivity contribution in [3.63, 3.8) is 0 Å². The number of benzene rings is 1. The van der Waals surface area contributed by atoms with Crippen molar-refractivity contribution in [1.82, 2.24) is 0 Å². The zero-order valence-electron chi connectivity index (χ0n) is 9.29. The molecule has 0 aromatic heterocycles. The molecular formula is C13H15FO2. The first-order valence-corrected chi connectivity index (χ1v) is 5.29. The maximum Gasteiger partial charge on any atom is 0.128 e. The van der Waals surface area contributed by atoms with Gasteiger partial charge in [-0.1, -0.05) is 18.8 Å². The Kier molecular flexibility index (Phi) is 5.38. The average molecular weight is 222 g/mol. The summed E-state index contributed by atoms with van der Waals surface area (Å²) in [6.07, 6.45) is 1.27. The van der Waals surface area contributed by atoms with Crippen molar-refractivity contribution in [2.24, 2.45) is 0 Å². The van der Waals surface area contributed by atoms with Crippen LogP contribution in [0.5, 0.6) is 5.75 Å². The Morgan fingerprint density at radius 1 is 1.38 bits per heavy atom. The lowest BCUT2D eigenvalue weighted by Gasteiger charge is -2.04. The van der Waals surface area contributed by atoms with Gasteiger partial charge in [-0.2, -0.15) is 0 Å². The second-order valence-electron chi connectivity index (χ2n) is 3.30. The van der Waals surface area contributed by atoms with Gasteiger partial charge in [0.2, 0.25) is 0 Å². The van der Waals surface area contributed by atoms with Gasteiger partial charge in [0.25, 0.3) is 0 Å². The lowest BCUT2D eigenvalue weighted by Crippen LogP contribution is -1.96. The van der Waals surface area contributed by atoms with Crippen LogP contribution in [-0.2, 0) is 0 Å². The molecule has 2 nitrogen and oxygen atoms in total. The van der Waals surface area contributed by atoms with E-state index in [1.54, 1.807) is 6.07 Å². The highest BCUT2D eigenvalue weighted by Crippen LogP contribution is 2.16. The van der Waals surface area contributed by atoms with Gasteiger partial charge in [-0.3, -0.25) is 0 Å². The highest BCUT2D eigenvalue weighted by atomic mass is 19.1. The normalized spacial score (nSPS) is 9.44. The van der Waals surface area contributed by atoms with Gasteiger partial charge in [-0.15, -0.1) is 0 Å². The summed E-state index contributed by atoms with van der Waals surface area (Å²) in [6.45, 7) is 2.57. The van der Waals surface area contributed by atoms with E-state index < -0.39 is 0 Å². The van der Waals surface area contributed by atoms with Crippen LogP contribution in [0.2, 0.25) is 0 Å². The van der Waals surface area contributed by atoms with E-state index in [4.69, 9.17) is 9.84 Å². The molecule has 1 aromatic rings. The van der Waals surface area contributed by atoms with Crippen molar-refractivity contribution in [3.05, 3.63) is 29.6 Å². The van der Waals surface area contributed by atoms with Crippen LogP contribution in [0, 0.1) is 17.7 Å². The zero-order valence-corrected chi connectivity index (χ0v) is 9.29. The van der Waals surface area contributed by atoms with Crippen molar-refractivity contribution in [2.45, 2.75) is 19.8 Å². The smallest absolute Gasteiger partial charge is 0.128 e. The zero-order chi connectivity index (χ0) is 11.8. The molecule has 0 spiro atoms. The molecule has 1 aromatic carbocycles. The largest absolute Gasteiger partial charge is 0.493 e. The van der Waals surface area contributed by atoms with E-state index in [-0.39, 0.29) is 12.4 Å². The highest BCUT2D eigenvalue weighted by molar-refractivity contribution is 5.40. The summed E-state index contributed by atoms with van der Waals surface area (Å²) in [5.41, 5.74) is 0.569. The van der Waals surface area contributed by atoms with Crippen molar-refractivity contribution < 1.29 is 14.2 Å². The molecule has 0 aliphatic rings. The second-order valence-corrected chi connectivity index (χ2v) is 3.30. The molecule has 1 rings (SSSR count). The van der Waals surface area contributed by atoms with Gasteiger partial charge in [0.15, 0.2) is 0 Å². The third kappa shape index (κ3) is 4.33. The minimum atomic E-state index is -0.359. The maximum atomic E-state index is 13.2. The number of aliphatic hydroxyl groups is 1. The quantitative estimate of drug-likeness (QED) is 0.792. The van der Waals surface area contributed by atoms with Crippen LogP contribution in [0.4, 0.5) is 4.39 Å². The summed E-state index contributed by atoms with van der Waals surface area (Å²) < 4.78 is 18.5. The number of hydrogen-bond acceptors (Lipinski definition) is 2. The Morgan fingerprint density at radius 2 is 2.19 bits per heavy atom. The summed E-state index contributed by atoms with van der Waals surface area (Å²) in [5.74, 6) is 5.65. The Bertz CT molecular complexity index is 391. The minimum absolute atomic E-state index is 0.0154. The Balaban J connectivity index is 2.78. The molecule has 3 heteroatoms. The maximum absolute atomic E-state index is 13.2. The lowest BCUT2D eigenvalue weighted by atomic mass is 10.2. The summed E-state index contributed by atoms with van der Waals surface area (Å²) in [7, 11) is 0. The van der Waals surface area contributed by atoms with E-state index in [9.17, 15) is 4.39 Å². The topological polar surface area (TPSA) is 29.5 Å². The first-order valence-electron chi connectivity index (χ1n) is 5.29. The molecular weight excluding hydrogens is 207 g/mol. The van der Waals surface area contributed by atoms with Crippen molar-refractivity contribution >= 4 is 0 Å². The van der Waals surface area contributed by atoms with Crippen LogP contribution >= 0.6 is 0 Å². The molecule has 0 radical (unpaired) electrons. The predicted molar refractivity (Wildman–Crippen MR) is 60.8 cm³/mol. The molecule has 0 aliphatic carbocycles. The fraction of sp³-hybridized carbons (Fsp3) is 0.385. The third-order valence-electron chi connectivity index (χ3n) is 1.81. The van der Waals surface area contributed by atoms with Crippen molar-refractivity contribution in [3.8, 4) is 17.6 Å². The molecule has 16 heavy (non-hydrogen) atoms. The third-order valence-corrected chi connectivity index (χ3v) is 1.81. The van der Waals surface area contributed by atoms with Gasteiger partial charge in [0.05, 0.1) is 13.2 Å². The van der Waals surface area contributed by atoms with E-state index in [0.29, 0.717) is 24.3 Å². The van der Waals surface area contributed by atoms with Crippen molar-refractivity contribution in [1.29, 1.82) is 0 Å². The van der Waals surface area contributed by atoms with Gasteiger partial charge in [0, 0.05) is 18.1 Å². The SMILES string of the molecule is CCCOc1cc(F)cc(C#CCCO)c1. The molecule has 0 unspecified atom stereocenters. The fourth-order valence-corrected chi connectivity index (χ4v) is 1.16. The first-order chi connectivity index (χ1) is 7.76. The van der Waals surface area contributed by atoms with Gasteiger partial charge >= 0.3 is 0 Å². The highest BCUT2D eigenvalue weighted by Gasteiger charge is 1.99. The summed E-state index contributed by atoms with van der Waals surface area (Å²) in [5, 5.41) is 8.57. The molecule has 0 fully saturated rings. The van der Waals surface area contributed by atoms with Crippen LogP contribution in [0.1, 0.15) is 25.3 Å². The molecule has 0 bridgehead atoms. The lowest BCUT2D eigenvalue weighted by molar-refractivity contribution is 0.305. The number of aliphatic hydroxyl groups excluding tert-OH is 1. The number of hydrogen-bond donors (Lipinski definition) is 1. The van der Waals surface area contributed by atoms with Gasteiger partial charge in [-0.25, -0.2) is 4.39 Å². The number of ether oxygens (including phenoxy) is 1. The molecule has 86 valence electrons. The molecule has 0 saturated carbocycles. The number of rotatable bonds is 4. The first kappa shape index (κ1) is 12.5. The van der Waals surface area contributed by atoms with Crippen LogP contribution in [0.25, 0.3) is 0 Å². The molecule has 0 atom stereocenters. The molecule has 0 heterocycles. The van der Waals surface area contributed by atoms with Crippen LogP contribution in [0.15, 0.2) is 18.2 Å². The minimum Gasteiger partial charge on any atom is -0.493 e. The molecule has 0 amide bonds. The van der Waals surface area contributed by atoms with Crippen LogP contribution in [0.3, 0.4) is 0 Å².